The van der Waals surface area contributed by atoms with Crippen LogP contribution in [0.2, 0.25) is 0 Å². The van der Waals surface area contributed by atoms with Crippen LogP contribution in [0.3, 0.4) is 0 Å². The number of thiophene rings is 1. The van der Waals surface area contributed by atoms with Gasteiger partial charge in [0.25, 0.3) is 5.56 Å². The van der Waals surface area contributed by atoms with Crippen molar-refractivity contribution in [1.82, 2.24) is 4.68 Å². The minimum absolute atomic E-state index is 0.0570. The summed E-state index contributed by atoms with van der Waals surface area (Å²) in [5.41, 5.74) is -2.34. The first-order valence-electron chi connectivity index (χ1n) is 8.22. The summed E-state index contributed by atoms with van der Waals surface area (Å²) in [6.07, 6.45) is -1.18. The molecular formula is C18H16F3N3OS. The molecule has 1 saturated carbocycles. The Morgan fingerprint density at radius 3 is 2.73 bits per heavy atom. The van der Waals surface area contributed by atoms with Gasteiger partial charge in [-0.3, -0.25) is 4.79 Å². The van der Waals surface area contributed by atoms with Crippen LogP contribution in [-0.4, -0.2) is 10.4 Å². The molecule has 1 fully saturated rings. The fraction of sp³-hybridized carbons (Fsp3) is 0.389. The number of aromatic nitrogens is 1. The van der Waals surface area contributed by atoms with Crippen LogP contribution in [0.1, 0.15) is 43.7 Å². The summed E-state index contributed by atoms with van der Waals surface area (Å²) in [6.45, 7) is 1.99. The van der Waals surface area contributed by atoms with Crippen LogP contribution in [-0.2, 0) is 6.18 Å². The van der Waals surface area contributed by atoms with Gasteiger partial charge >= 0.3 is 6.18 Å². The predicted octanol–water partition coefficient (Wildman–Crippen LogP) is 4.88. The van der Waals surface area contributed by atoms with Crippen molar-refractivity contribution < 1.29 is 13.2 Å². The summed E-state index contributed by atoms with van der Waals surface area (Å²) in [5, 5.41) is 15.3. The number of pyridine rings is 1. The lowest BCUT2D eigenvalue weighted by Gasteiger charge is -2.21. The minimum Gasteiger partial charge on any atom is -0.266 e. The SMILES string of the molecule is CC1CCCC/C1=N\n1c(-c2cccs2)cc(C(F)(F)F)c(C#N)c1=O. The molecule has 2 aromatic heterocycles. The summed E-state index contributed by atoms with van der Waals surface area (Å²) in [5.74, 6) is 0.152. The van der Waals surface area contributed by atoms with E-state index in [4.69, 9.17) is 5.26 Å². The molecule has 0 radical (unpaired) electrons. The zero-order valence-corrected chi connectivity index (χ0v) is 14.8. The average molecular weight is 379 g/mol. The van der Waals surface area contributed by atoms with Crippen LogP contribution < -0.4 is 5.56 Å². The van der Waals surface area contributed by atoms with Crippen molar-refractivity contribution in [3.63, 3.8) is 0 Å². The molecule has 0 aliphatic heterocycles. The Morgan fingerprint density at radius 2 is 2.15 bits per heavy atom. The predicted molar refractivity (Wildman–Crippen MR) is 94.2 cm³/mol. The molecule has 26 heavy (non-hydrogen) atoms. The third kappa shape index (κ3) is 3.44. The molecule has 0 amide bonds. The van der Waals surface area contributed by atoms with Gasteiger partial charge in [0.05, 0.1) is 16.1 Å². The van der Waals surface area contributed by atoms with Crippen molar-refractivity contribution in [3.8, 4) is 16.6 Å². The first-order valence-corrected chi connectivity index (χ1v) is 9.10. The zero-order valence-electron chi connectivity index (χ0n) is 14.0. The highest BCUT2D eigenvalue weighted by molar-refractivity contribution is 7.13. The van der Waals surface area contributed by atoms with E-state index in [0.29, 0.717) is 11.3 Å². The molecule has 3 rings (SSSR count). The van der Waals surface area contributed by atoms with Crippen LogP contribution in [0, 0.1) is 17.2 Å². The number of alkyl halides is 3. The summed E-state index contributed by atoms with van der Waals surface area (Å²) < 4.78 is 41.0. The van der Waals surface area contributed by atoms with Crippen molar-refractivity contribution in [2.24, 2.45) is 11.0 Å². The number of hydrogen-bond donors (Lipinski definition) is 0. The largest absolute Gasteiger partial charge is 0.417 e. The molecule has 1 aliphatic carbocycles. The first-order chi connectivity index (χ1) is 12.3. The molecule has 0 aromatic carbocycles. The molecule has 2 heterocycles. The highest BCUT2D eigenvalue weighted by Gasteiger charge is 2.37. The Labute approximate surface area is 152 Å². The standard InChI is InChI=1S/C18H16F3N3OS/c1-11-5-2-3-6-14(11)23-24-15(16-7-4-8-26-16)9-13(18(19,20)21)12(10-22)17(24)25/h4,7-9,11H,2-3,5-6H2,1H3/b23-14+. The maximum Gasteiger partial charge on any atom is 0.417 e. The van der Waals surface area contributed by atoms with Crippen LogP contribution in [0.25, 0.3) is 10.6 Å². The quantitative estimate of drug-likeness (QED) is 0.747. The molecule has 0 N–H and O–H groups in total. The molecule has 0 bridgehead atoms. The van der Waals surface area contributed by atoms with Gasteiger partial charge in [-0.1, -0.05) is 19.4 Å². The van der Waals surface area contributed by atoms with E-state index in [1.807, 2.05) is 6.92 Å². The van der Waals surface area contributed by atoms with Crippen LogP contribution >= 0.6 is 11.3 Å². The number of nitriles is 1. The topological polar surface area (TPSA) is 58.1 Å². The zero-order chi connectivity index (χ0) is 18.9. The second-order valence-electron chi connectivity index (χ2n) is 6.26. The van der Waals surface area contributed by atoms with Gasteiger partial charge in [-0.15, -0.1) is 11.3 Å². The molecule has 0 saturated heterocycles. The number of nitrogens with zero attached hydrogens (tertiary/aromatic N) is 3. The molecule has 8 heteroatoms. The second kappa shape index (κ2) is 7.08. The van der Waals surface area contributed by atoms with E-state index in [1.54, 1.807) is 17.5 Å². The molecular weight excluding hydrogens is 363 g/mol. The van der Waals surface area contributed by atoms with Gasteiger partial charge in [0, 0.05) is 5.71 Å². The molecule has 136 valence electrons. The molecule has 1 atom stereocenters. The van der Waals surface area contributed by atoms with E-state index in [2.05, 4.69) is 5.10 Å². The van der Waals surface area contributed by atoms with Crippen molar-refractivity contribution in [3.05, 3.63) is 45.1 Å². The lowest BCUT2D eigenvalue weighted by molar-refractivity contribution is -0.137. The maximum atomic E-state index is 13.4. The average Bonchev–Trinajstić information content (AvgIpc) is 3.11. The van der Waals surface area contributed by atoms with Gasteiger partial charge in [-0.05, 0) is 42.7 Å². The lowest BCUT2D eigenvalue weighted by Crippen LogP contribution is -2.28. The molecule has 1 aliphatic rings. The van der Waals surface area contributed by atoms with E-state index in [-0.39, 0.29) is 11.6 Å². The normalized spacial score (nSPS) is 19.5. The van der Waals surface area contributed by atoms with Crippen LogP contribution in [0.5, 0.6) is 0 Å². The highest BCUT2D eigenvalue weighted by atomic mass is 32.1. The Morgan fingerprint density at radius 1 is 1.38 bits per heavy atom. The molecule has 2 aromatic rings. The third-order valence-electron chi connectivity index (χ3n) is 4.49. The summed E-state index contributed by atoms with van der Waals surface area (Å²) >= 11 is 1.22. The van der Waals surface area contributed by atoms with Crippen molar-refractivity contribution in [2.45, 2.75) is 38.8 Å². The van der Waals surface area contributed by atoms with Crippen molar-refractivity contribution in [2.75, 3.05) is 0 Å². The molecule has 4 nitrogen and oxygen atoms in total. The number of hydrogen-bond acceptors (Lipinski definition) is 4. The summed E-state index contributed by atoms with van der Waals surface area (Å²) in [4.78, 5) is 13.2. The highest BCUT2D eigenvalue weighted by Crippen LogP contribution is 2.35. The van der Waals surface area contributed by atoms with Gasteiger partial charge in [0.1, 0.15) is 11.6 Å². The fourth-order valence-electron chi connectivity index (χ4n) is 3.08. The third-order valence-corrected chi connectivity index (χ3v) is 5.39. The molecule has 1 unspecified atom stereocenters. The summed E-state index contributed by atoms with van der Waals surface area (Å²) in [6, 6.07) is 5.59. The molecule has 0 spiro atoms. The van der Waals surface area contributed by atoms with Crippen LogP contribution in [0.15, 0.2) is 33.5 Å². The first kappa shape index (κ1) is 18.4. The minimum atomic E-state index is -4.79. The van der Waals surface area contributed by atoms with Crippen LogP contribution in [0.4, 0.5) is 13.2 Å². The summed E-state index contributed by atoms with van der Waals surface area (Å²) in [7, 11) is 0. The fourth-order valence-corrected chi connectivity index (χ4v) is 3.80. The van der Waals surface area contributed by atoms with Gasteiger partial charge in [0.15, 0.2) is 0 Å². The second-order valence-corrected chi connectivity index (χ2v) is 7.21. The number of halogens is 3. The van der Waals surface area contributed by atoms with E-state index in [1.165, 1.54) is 17.4 Å². The monoisotopic (exact) mass is 379 g/mol. The Bertz CT molecular complexity index is 936. The van der Waals surface area contributed by atoms with E-state index >= 15 is 0 Å². The van der Waals surface area contributed by atoms with E-state index < -0.39 is 22.9 Å². The Balaban J connectivity index is 2.31. The van der Waals surface area contributed by atoms with Crippen molar-refractivity contribution >= 4 is 17.0 Å². The smallest absolute Gasteiger partial charge is 0.266 e. The van der Waals surface area contributed by atoms with Crippen molar-refractivity contribution in [1.29, 1.82) is 5.26 Å². The van der Waals surface area contributed by atoms with Gasteiger partial charge in [-0.2, -0.15) is 28.2 Å². The van der Waals surface area contributed by atoms with Gasteiger partial charge in [0.2, 0.25) is 0 Å². The van der Waals surface area contributed by atoms with Gasteiger partial charge < -0.3 is 0 Å². The van der Waals surface area contributed by atoms with E-state index in [0.717, 1.165) is 35.7 Å². The van der Waals surface area contributed by atoms with E-state index in [9.17, 15) is 18.0 Å². The number of rotatable bonds is 2. The Hall–Kier alpha value is -2.40. The maximum absolute atomic E-state index is 13.4. The van der Waals surface area contributed by atoms with Gasteiger partial charge in [-0.25, -0.2) is 0 Å². The lowest BCUT2D eigenvalue weighted by atomic mass is 9.89. The Kier molecular flexibility index (Phi) is 5.01.